The molecule has 2 atom stereocenters. The zero-order valence-electron chi connectivity index (χ0n) is 22.6. The first-order valence-electron chi connectivity index (χ1n) is 12.7. The molecule has 4 rings (SSSR count). The van der Waals surface area contributed by atoms with Crippen molar-refractivity contribution in [2.75, 3.05) is 7.11 Å². The Bertz CT molecular complexity index is 1500. The number of H-pyrrole nitrogens is 1. The van der Waals surface area contributed by atoms with E-state index in [1.54, 1.807) is 45.3 Å². The first-order chi connectivity index (χ1) is 19.2. The van der Waals surface area contributed by atoms with Crippen LogP contribution in [0.4, 0.5) is 5.69 Å². The number of aromatic nitrogens is 2. The van der Waals surface area contributed by atoms with Crippen LogP contribution in [0.3, 0.4) is 0 Å². The SMILES string of the molecule is COC(=O)C1=C(C)NC(C)=C(C(=O)OC(C)C=Cc2ccc(Cc3ncc[nH]3)cc2)C1c1cccc([N+](=O)[O-])c1. The summed E-state index contributed by atoms with van der Waals surface area (Å²) in [6, 6.07) is 13.8. The summed E-state index contributed by atoms with van der Waals surface area (Å²) in [7, 11) is 1.24. The van der Waals surface area contributed by atoms with Gasteiger partial charge in [0.05, 0.1) is 29.1 Å². The van der Waals surface area contributed by atoms with Crippen LogP contribution in [-0.2, 0) is 25.5 Å². The van der Waals surface area contributed by atoms with E-state index in [9.17, 15) is 19.7 Å². The number of carbonyl (C=O) groups is 2. The molecule has 0 saturated carbocycles. The number of esters is 2. The number of benzene rings is 2. The van der Waals surface area contributed by atoms with Gasteiger partial charge in [0.1, 0.15) is 11.9 Å². The summed E-state index contributed by atoms with van der Waals surface area (Å²) in [5.41, 5.74) is 3.61. The van der Waals surface area contributed by atoms with Gasteiger partial charge in [-0.15, -0.1) is 0 Å². The van der Waals surface area contributed by atoms with Crippen molar-refractivity contribution in [1.82, 2.24) is 15.3 Å². The monoisotopic (exact) mass is 542 g/mol. The lowest BCUT2D eigenvalue weighted by molar-refractivity contribution is -0.384. The van der Waals surface area contributed by atoms with Gasteiger partial charge in [0.2, 0.25) is 0 Å². The van der Waals surface area contributed by atoms with Crippen LogP contribution in [0.1, 0.15) is 49.2 Å². The Hall–Kier alpha value is -4.99. The normalized spacial score (nSPS) is 16.1. The third-order valence-corrected chi connectivity index (χ3v) is 6.56. The van der Waals surface area contributed by atoms with Crippen molar-refractivity contribution in [3.8, 4) is 0 Å². The van der Waals surface area contributed by atoms with Crippen molar-refractivity contribution in [1.29, 1.82) is 0 Å². The molecule has 1 aliphatic rings. The van der Waals surface area contributed by atoms with E-state index >= 15 is 0 Å². The summed E-state index contributed by atoms with van der Waals surface area (Å²) in [6.07, 6.45) is 7.22. The summed E-state index contributed by atoms with van der Waals surface area (Å²) >= 11 is 0. The van der Waals surface area contributed by atoms with Gasteiger partial charge in [-0.05, 0) is 43.5 Å². The van der Waals surface area contributed by atoms with Gasteiger partial charge in [-0.25, -0.2) is 14.6 Å². The number of dihydropyridines is 1. The molecule has 2 N–H and O–H groups in total. The maximum Gasteiger partial charge on any atom is 0.337 e. The molecule has 0 bridgehead atoms. The fourth-order valence-electron chi connectivity index (χ4n) is 4.65. The molecule has 2 unspecified atom stereocenters. The van der Waals surface area contributed by atoms with Gasteiger partial charge in [-0.3, -0.25) is 10.1 Å². The topological polar surface area (TPSA) is 136 Å². The van der Waals surface area contributed by atoms with Gasteiger partial charge in [-0.1, -0.05) is 42.5 Å². The lowest BCUT2D eigenvalue weighted by Gasteiger charge is -2.30. The third kappa shape index (κ3) is 6.35. The number of nitrogens with zero attached hydrogens (tertiary/aromatic N) is 2. The molecular weight excluding hydrogens is 512 g/mol. The van der Waals surface area contributed by atoms with E-state index in [2.05, 4.69) is 15.3 Å². The Kier molecular flexibility index (Phi) is 8.58. The summed E-state index contributed by atoms with van der Waals surface area (Å²) in [5.74, 6) is -1.34. The van der Waals surface area contributed by atoms with Gasteiger partial charge in [0.15, 0.2) is 0 Å². The van der Waals surface area contributed by atoms with Crippen molar-refractivity contribution in [3.63, 3.8) is 0 Å². The highest BCUT2D eigenvalue weighted by molar-refractivity contribution is 6.00. The van der Waals surface area contributed by atoms with Gasteiger partial charge < -0.3 is 19.8 Å². The fraction of sp³-hybridized carbons (Fsp3) is 0.233. The largest absolute Gasteiger partial charge is 0.466 e. The molecule has 0 amide bonds. The number of imidazole rings is 1. The predicted molar refractivity (Wildman–Crippen MR) is 149 cm³/mol. The van der Waals surface area contributed by atoms with Gasteiger partial charge in [-0.2, -0.15) is 0 Å². The number of nitro benzene ring substituents is 1. The number of aromatic amines is 1. The average Bonchev–Trinajstić information content (AvgIpc) is 3.45. The van der Waals surface area contributed by atoms with Crippen molar-refractivity contribution in [2.24, 2.45) is 0 Å². The van der Waals surface area contributed by atoms with Crippen LogP contribution < -0.4 is 5.32 Å². The van der Waals surface area contributed by atoms with E-state index in [-0.39, 0.29) is 16.8 Å². The number of hydrogen-bond donors (Lipinski definition) is 2. The number of non-ortho nitro benzene ring substituents is 1. The highest BCUT2D eigenvalue weighted by Crippen LogP contribution is 2.40. The number of carbonyl (C=O) groups excluding carboxylic acids is 2. The molecule has 2 aromatic carbocycles. The molecular formula is C30H30N4O6. The molecule has 0 spiro atoms. The molecule has 10 heteroatoms. The second-order valence-corrected chi connectivity index (χ2v) is 9.40. The van der Waals surface area contributed by atoms with Crippen molar-refractivity contribution >= 4 is 23.7 Å². The first kappa shape index (κ1) is 28.0. The first-order valence-corrected chi connectivity index (χ1v) is 12.7. The predicted octanol–water partition coefficient (Wildman–Crippen LogP) is 4.96. The lowest BCUT2D eigenvalue weighted by atomic mass is 9.80. The minimum Gasteiger partial charge on any atom is -0.466 e. The Balaban J connectivity index is 1.55. The molecule has 0 radical (unpaired) electrons. The molecule has 3 aromatic rings. The number of methoxy groups -OCH3 is 1. The van der Waals surface area contributed by atoms with Crippen LogP contribution in [0.25, 0.3) is 6.08 Å². The second-order valence-electron chi connectivity index (χ2n) is 9.40. The molecule has 0 aliphatic carbocycles. The van der Waals surface area contributed by atoms with Crippen molar-refractivity contribution in [2.45, 2.75) is 39.2 Å². The Morgan fingerprint density at radius 3 is 2.42 bits per heavy atom. The maximum absolute atomic E-state index is 13.5. The molecule has 206 valence electrons. The van der Waals surface area contributed by atoms with E-state index in [0.29, 0.717) is 23.4 Å². The summed E-state index contributed by atoms with van der Waals surface area (Å²) in [6.45, 7) is 5.12. The zero-order chi connectivity index (χ0) is 28.8. The van der Waals surface area contributed by atoms with Crippen molar-refractivity contribution < 1.29 is 24.0 Å². The highest BCUT2D eigenvalue weighted by Gasteiger charge is 2.38. The average molecular weight is 543 g/mol. The Morgan fingerprint density at radius 1 is 1.10 bits per heavy atom. The third-order valence-electron chi connectivity index (χ3n) is 6.56. The molecule has 0 fully saturated rings. The summed E-state index contributed by atoms with van der Waals surface area (Å²) in [5, 5.41) is 14.5. The summed E-state index contributed by atoms with van der Waals surface area (Å²) < 4.78 is 10.8. The number of allylic oxidation sites excluding steroid dienone is 2. The van der Waals surface area contributed by atoms with Crippen molar-refractivity contribution in [3.05, 3.63) is 122 Å². The van der Waals surface area contributed by atoms with Crippen LogP contribution in [0.15, 0.2) is 89.5 Å². The lowest BCUT2D eigenvalue weighted by Crippen LogP contribution is -2.33. The van der Waals surface area contributed by atoms with Crippen LogP contribution in [-0.4, -0.2) is 40.0 Å². The minimum absolute atomic E-state index is 0.158. The molecule has 10 nitrogen and oxygen atoms in total. The smallest absolute Gasteiger partial charge is 0.337 e. The van der Waals surface area contributed by atoms with Gasteiger partial charge in [0, 0.05) is 42.3 Å². The maximum atomic E-state index is 13.5. The van der Waals surface area contributed by atoms with Crippen LogP contribution in [0.5, 0.6) is 0 Å². The number of hydrogen-bond acceptors (Lipinski definition) is 8. The van der Waals surface area contributed by atoms with Crippen LogP contribution >= 0.6 is 0 Å². The van der Waals surface area contributed by atoms with E-state index in [4.69, 9.17) is 9.47 Å². The van der Waals surface area contributed by atoms with E-state index in [1.807, 2.05) is 30.3 Å². The number of rotatable bonds is 9. The number of nitro groups is 1. The zero-order valence-corrected chi connectivity index (χ0v) is 22.6. The fourth-order valence-corrected chi connectivity index (χ4v) is 4.65. The molecule has 40 heavy (non-hydrogen) atoms. The standard InChI is InChI=1S/C30H30N4O6/c1-18(8-9-21-10-12-22(13-11-21)16-25-31-14-15-32-25)40-30(36)27-20(3)33-19(2)26(29(35)39-4)28(27)23-6-5-7-24(17-23)34(37)38/h5-15,17-18,28,33H,16H2,1-4H3,(H,31,32). The summed E-state index contributed by atoms with van der Waals surface area (Å²) in [4.78, 5) is 44.6. The Morgan fingerprint density at radius 2 is 1.80 bits per heavy atom. The number of ether oxygens (including phenoxy) is 2. The van der Waals surface area contributed by atoms with Gasteiger partial charge in [0.25, 0.3) is 5.69 Å². The van der Waals surface area contributed by atoms with E-state index in [0.717, 1.165) is 17.0 Å². The molecule has 2 heterocycles. The van der Waals surface area contributed by atoms with E-state index in [1.165, 1.54) is 25.3 Å². The van der Waals surface area contributed by atoms with Crippen LogP contribution in [0.2, 0.25) is 0 Å². The van der Waals surface area contributed by atoms with E-state index < -0.39 is 28.9 Å². The number of nitrogens with one attached hydrogen (secondary N) is 2. The van der Waals surface area contributed by atoms with Gasteiger partial charge >= 0.3 is 11.9 Å². The second kappa shape index (κ2) is 12.2. The van der Waals surface area contributed by atoms with Crippen LogP contribution in [0, 0.1) is 10.1 Å². The molecule has 1 aliphatic heterocycles. The molecule has 1 aromatic heterocycles. The quantitative estimate of drug-likeness (QED) is 0.220. The highest BCUT2D eigenvalue weighted by atomic mass is 16.6. The Labute approximate surface area is 231 Å². The minimum atomic E-state index is -0.918. The molecule has 0 saturated heterocycles.